The minimum absolute atomic E-state index is 0.844. The number of aryl methyl sites for hydroxylation is 1. The number of hydrogen-bond acceptors (Lipinski definition) is 2. The second kappa shape index (κ2) is 5.68. The molecule has 0 amide bonds. The highest BCUT2D eigenvalue weighted by Crippen LogP contribution is 2.06. The molecule has 2 aromatic heterocycles. The molecule has 0 saturated heterocycles. The van der Waals surface area contributed by atoms with Gasteiger partial charge in [-0.2, -0.15) is 5.10 Å². The second-order valence-corrected chi connectivity index (χ2v) is 4.28. The van der Waals surface area contributed by atoms with Crippen molar-refractivity contribution >= 4 is 0 Å². The topological polar surface area (TPSA) is 34.8 Å². The lowest BCUT2D eigenvalue weighted by Gasteiger charge is -2.08. The Morgan fingerprint density at radius 1 is 1.29 bits per heavy atom. The molecule has 2 heterocycles. The Hall–Kier alpha value is -1.55. The Kier molecular flexibility index (Phi) is 3.98. The van der Waals surface area contributed by atoms with Crippen LogP contribution in [-0.2, 0) is 20.1 Å². The normalized spacial score (nSPS) is 10.9. The molecule has 17 heavy (non-hydrogen) atoms. The van der Waals surface area contributed by atoms with E-state index < -0.39 is 0 Å². The van der Waals surface area contributed by atoms with Crippen molar-refractivity contribution in [3.63, 3.8) is 0 Å². The zero-order valence-corrected chi connectivity index (χ0v) is 10.6. The van der Waals surface area contributed by atoms with Gasteiger partial charge in [-0.1, -0.05) is 6.92 Å². The molecule has 1 N–H and O–H groups in total. The van der Waals surface area contributed by atoms with E-state index in [1.165, 1.54) is 12.1 Å². The summed E-state index contributed by atoms with van der Waals surface area (Å²) in [4.78, 5) is 0. The van der Waals surface area contributed by atoms with Crippen molar-refractivity contribution in [3.8, 4) is 0 Å². The van der Waals surface area contributed by atoms with Gasteiger partial charge < -0.3 is 9.88 Å². The SMILES string of the molecule is CCCNCc1cccn1Cc1ccn(C)n1. The van der Waals surface area contributed by atoms with Crippen molar-refractivity contribution in [3.05, 3.63) is 42.0 Å². The Labute approximate surface area is 102 Å². The standard InChI is InChI=1S/C13H20N4/c1-3-7-14-10-13-5-4-8-17(13)11-12-6-9-16(2)15-12/h4-6,8-9,14H,3,7,10-11H2,1-2H3. The fraction of sp³-hybridized carbons (Fsp3) is 0.462. The first kappa shape index (κ1) is 11.9. The highest BCUT2D eigenvalue weighted by Gasteiger charge is 2.03. The first-order valence-corrected chi connectivity index (χ1v) is 6.13. The van der Waals surface area contributed by atoms with E-state index in [2.05, 4.69) is 46.3 Å². The van der Waals surface area contributed by atoms with Crippen LogP contribution in [0.25, 0.3) is 0 Å². The summed E-state index contributed by atoms with van der Waals surface area (Å²) in [6, 6.07) is 6.31. The minimum Gasteiger partial charge on any atom is -0.344 e. The van der Waals surface area contributed by atoms with Gasteiger partial charge in [-0.05, 0) is 31.2 Å². The average Bonchev–Trinajstić information content (AvgIpc) is 2.90. The lowest BCUT2D eigenvalue weighted by Crippen LogP contribution is -2.17. The molecule has 0 bridgehead atoms. The fourth-order valence-electron chi connectivity index (χ4n) is 1.88. The molecule has 0 aliphatic heterocycles. The molecule has 4 heteroatoms. The number of rotatable bonds is 6. The summed E-state index contributed by atoms with van der Waals surface area (Å²) >= 11 is 0. The molecule has 92 valence electrons. The first-order valence-electron chi connectivity index (χ1n) is 6.13. The summed E-state index contributed by atoms with van der Waals surface area (Å²) in [6.45, 7) is 5.01. The molecule has 2 aromatic rings. The van der Waals surface area contributed by atoms with Gasteiger partial charge in [0.2, 0.25) is 0 Å². The van der Waals surface area contributed by atoms with Crippen LogP contribution < -0.4 is 5.32 Å². The number of nitrogens with one attached hydrogen (secondary N) is 1. The summed E-state index contributed by atoms with van der Waals surface area (Å²) in [6.07, 6.45) is 5.26. The van der Waals surface area contributed by atoms with Gasteiger partial charge in [0.1, 0.15) is 0 Å². The van der Waals surface area contributed by atoms with Crippen LogP contribution in [0.5, 0.6) is 0 Å². The maximum absolute atomic E-state index is 4.40. The van der Waals surface area contributed by atoms with E-state index >= 15 is 0 Å². The third-order valence-electron chi connectivity index (χ3n) is 2.76. The van der Waals surface area contributed by atoms with Crippen LogP contribution in [0.1, 0.15) is 24.7 Å². The van der Waals surface area contributed by atoms with Gasteiger partial charge in [0, 0.05) is 31.7 Å². The average molecular weight is 232 g/mol. The van der Waals surface area contributed by atoms with Gasteiger partial charge >= 0.3 is 0 Å². The predicted molar refractivity (Wildman–Crippen MR) is 68.7 cm³/mol. The maximum Gasteiger partial charge on any atom is 0.0821 e. The molecular formula is C13H20N4. The van der Waals surface area contributed by atoms with Crippen LogP contribution in [0.15, 0.2) is 30.6 Å². The van der Waals surface area contributed by atoms with Crippen LogP contribution in [0.4, 0.5) is 0 Å². The van der Waals surface area contributed by atoms with Gasteiger partial charge in [0.15, 0.2) is 0 Å². The molecule has 4 nitrogen and oxygen atoms in total. The minimum atomic E-state index is 0.844. The van der Waals surface area contributed by atoms with Crippen molar-refractivity contribution in [2.45, 2.75) is 26.4 Å². The number of aromatic nitrogens is 3. The van der Waals surface area contributed by atoms with Gasteiger partial charge in [-0.3, -0.25) is 4.68 Å². The highest BCUT2D eigenvalue weighted by molar-refractivity contribution is 5.10. The molecule has 0 spiro atoms. The smallest absolute Gasteiger partial charge is 0.0821 e. The Bertz CT molecular complexity index is 455. The van der Waals surface area contributed by atoms with Crippen molar-refractivity contribution in [2.24, 2.45) is 7.05 Å². The lowest BCUT2D eigenvalue weighted by atomic mass is 10.3. The molecular weight excluding hydrogens is 212 g/mol. The van der Waals surface area contributed by atoms with Crippen molar-refractivity contribution in [1.29, 1.82) is 0 Å². The monoisotopic (exact) mass is 232 g/mol. The Balaban J connectivity index is 1.98. The highest BCUT2D eigenvalue weighted by atomic mass is 15.3. The van der Waals surface area contributed by atoms with Gasteiger partial charge in [-0.15, -0.1) is 0 Å². The summed E-state index contributed by atoms with van der Waals surface area (Å²) in [5, 5.41) is 7.82. The zero-order chi connectivity index (χ0) is 12.1. The Morgan fingerprint density at radius 2 is 2.18 bits per heavy atom. The molecule has 2 rings (SSSR count). The zero-order valence-electron chi connectivity index (χ0n) is 10.6. The Morgan fingerprint density at radius 3 is 2.88 bits per heavy atom. The van der Waals surface area contributed by atoms with E-state index in [0.717, 1.165) is 25.3 Å². The molecule has 0 fully saturated rings. The summed E-state index contributed by atoms with van der Waals surface area (Å²) in [7, 11) is 1.95. The van der Waals surface area contributed by atoms with E-state index in [4.69, 9.17) is 0 Å². The predicted octanol–water partition coefficient (Wildman–Crippen LogP) is 1.77. The van der Waals surface area contributed by atoms with Crippen LogP contribution in [-0.4, -0.2) is 20.9 Å². The van der Waals surface area contributed by atoms with Crippen LogP contribution in [0.2, 0.25) is 0 Å². The third kappa shape index (κ3) is 3.20. The summed E-state index contributed by atoms with van der Waals surface area (Å²) in [5.41, 5.74) is 2.41. The summed E-state index contributed by atoms with van der Waals surface area (Å²) in [5.74, 6) is 0. The van der Waals surface area contributed by atoms with E-state index in [-0.39, 0.29) is 0 Å². The van der Waals surface area contributed by atoms with Crippen molar-refractivity contribution < 1.29 is 0 Å². The van der Waals surface area contributed by atoms with Crippen LogP contribution >= 0.6 is 0 Å². The quantitative estimate of drug-likeness (QED) is 0.770. The number of nitrogens with zero attached hydrogens (tertiary/aromatic N) is 3. The molecule has 0 aromatic carbocycles. The third-order valence-corrected chi connectivity index (χ3v) is 2.76. The lowest BCUT2D eigenvalue weighted by molar-refractivity contribution is 0.622. The van der Waals surface area contributed by atoms with E-state index in [1.54, 1.807) is 0 Å². The van der Waals surface area contributed by atoms with Crippen molar-refractivity contribution in [2.75, 3.05) is 6.54 Å². The van der Waals surface area contributed by atoms with Crippen molar-refractivity contribution in [1.82, 2.24) is 19.7 Å². The van der Waals surface area contributed by atoms with Crippen LogP contribution in [0.3, 0.4) is 0 Å². The van der Waals surface area contributed by atoms with Crippen LogP contribution in [0, 0.1) is 0 Å². The van der Waals surface area contributed by atoms with E-state index in [9.17, 15) is 0 Å². The molecule has 0 radical (unpaired) electrons. The molecule has 0 aliphatic carbocycles. The molecule has 0 saturated carbocycles. The largest absolute Gasteiger partial charge is 0.344 e. The van der Waals surface area contributed by atoms with E-state index in [1.807, 2.05) is 17.9 Å². The van der Waals surface area contributed by atoms with Gasteiger partial charge in [0.25, 0.3) is 0 Å². The molecule has 0 unspecified atom stereocenters. The molecule has 0 aliphatic rings. The molecule has 0 atom stereocenters. The van der Waals surface area contributed by atoms with E-state index in [0.29, 0.717) is 0 Å². The van der Waals surface area contributed by atoms with Gasteiger partial charge in [-0.25, -0.2) is 0 Å². The maximum atomic E-state index is 4.40. The van der Waals surface area contributed by atoms with Gasteiger partial charge in [0.05, 0.1) is 12.2 Å². The second-order valence-electron chi connectivity index (χ2n) is 4.28. The summed E-state index contributed by atoms with van der Waals surface area (Å²) < 4.78 is 4.08. The fourth-order valence-corrected chi connectivity index (χ4v) is 1.88. The first-order chi connectivity index (χ1) is 8.29. The number of hydrogen-bond donors (Lipinski definition) is 1.